The topological polar surface area (TPSA) is 78.7 Å². The highest BCUT2D eigenvalue weighted by atomic mass is 19.1. The van der Waals surface area contributed by atoms with E-state index in [0.29, 0.717) is 30.2 Å². The molecule has 0 radical (unpaired) electrons. The van der Waals surface area contributed by atoms with Crippen molar-refractivity contribution in [3.8, 4) is 17.6 Å². The molecule has 0 fully saturated rings. The first-order valence-electron chi connectivity index (χ1n) is 8.79. The molecule has 1 aliphatic heterocycles. The first-order chi connectivity index (χ1) is 13.2. The van der Waals surface area contributed by atoms with Gasteiger partial charge in [-0.05, 0) is 49.2 Å². The standard InChI is InChI=1S/C20H21FN4O2/c1-2-23-20(25-12-16-9-15(11-22)3-5-17(16)21)24-8-7-14-4-6-18-19(10-14)27-13-26-18/h3-6,9-10H,2,7-8,12-13H2,1H3,(H2,23,24,25). The number of nitrogens with one attached hydrogen (secondary N) is 2. The van der Waals surface area contributed by atoms with Gasteiger partial charge in [-0.25, -0.2) is 9.38 Å². The summed E-state index contributed by atoms with van der Waals surface area (Å²) in [6, 6.07) is 12.2. The van der Waals surface area contributed by atoms with Crippen LogP contribution in [0.2, 0.25) is 0 Å². The first-order valence-corrected chi connectivity index (χ1v) is 8.79. The quantitative estimate of drug-likeness (QED) is 0.605. The summed E-state index contributed by atoms with van der Waals surface area (Å²) < 4.78 is 24.6. The largest absolute Gasteiger partial charge is 0.454 e. The number of hydrogen-bond donors (Lipinski definition) is 2. The zero-order chi connectivity index (χ0) is 19.1. The molecule has 27 heavy (non-hydrogen) atoms. The van der Waals surface area contributed by atoms with Crippen LogP contribution in [0.3, 0.4) is 0 Å². The molecule has 1 heterocycles. The van der Waals surface area contributed by atoms with Gasteiger partial charge in [-0.15, -0.1) is 0 Å². The fourth-order valence-electron chi connectivity index (χ4n) is 2.69. The van der Waals surface area contributed by atoms with Gasteiger partial charge in [0.05, 0.1) is 18.2 Å². The van der Waals surface area contributed by atoms with Gasteiger partial charge in [-0.2, -0.15) is 5.26 Å². The van der Waals surface area contributed by atoms with E-state index in [1.54, 1.807) is 0 Å². The molecule has 7 heteroatoms. The van der Waals surface area contributed by atoms with Gasteiger partial charge in [-0.3, -0.25) is 0 Å². The second-order valence-electron chi connectivity index (χ2n) is 5.98. The van der Waals surface area contributed by atoms with E-state index in [4.69, 9.17) is 14.7 Å². The Morgan fingerprint density at radius 3 is 2.85 bits per heavy atom. The van der Waals surface area contributed by atoms with Crippen LogP contribution < -0.4 is 20.1 Å². The van der Waals surface area contributed by atoms with E-state index in [-0.39, 0.29) is 19.2 Å². The molecule has 140 valence electrons. The fraction of sp³-hybridized carbons (Fsp3) is 0.300. The molecule has 1 aliphatic rings. The van der Waals surface area contributed by atoms with Crippen LogP contribution in [0.15, 0.2) is 41.4 Å². The number of hydrogen-bond acceptors (Lipinski definition) is 4. The average Bonchev–Trinajstić information content (AvgIpc) is 3.15. The number of halogens is 1. The normalized spacial score (nSPS) is 12.6. The second kappa shape index (κ2) is 8.90. The summed E-state index contributed by atoms with van der Waals surface area (Å²) in [4.78, 5) is 4.41. The lowest BCUT2D eigenvalue weighted by Gasteiger charge is -2.12. The highest BCUT2D eigenvalue weighted by molar-refractivity contribution is 5.79. The van der Waals surface area contributed by atoms with Crippen LogP contribution in [-0.2, 0) is 13.0 Å². The van der Waals surface area contributed by atoms with Crippen molar-refractivity contribution >= 4 is 5.96 Å². The summed E-state index contributed by atoms with van der Waals surface area (Å²) in [5.41, 5.74) is 1.93. The Morgan fingerprint density at radius 1 is 1.19 bits per heavy atom. The van der Waals surface area contributed by atoms with Crippen LogP contribution in [-0.4, -0.2) is 25.8 Å². The second-order valence-corrected chi connectivity index (χ2v) is 5.98. The van der Waals surface area contributed by atoms with Crippen molar-refractivity contribution in [1.82, 2.24) is 10.6 Å². The van der Waals surface area contributed by atoms with Crippen molar-refractivity contribution in [2.45, 2.75) is 19.9 Å². The van der Waals surface area contributed by atoms with E-state index in [1.807, 2.05) is 31.2 Å². The molecule has 0 unspecified atom stereocenters. The van der Waals surface area contributed by atoms with Gasteiger partial charge in [0.1, 0.15) is 5.82 Å². The van der Waals surface area contributed by atoms with Crippen LogP contribution in [0, 0.1) is 17.1 Å². The molecular weight excluding hydrogens is 347 g/mol. The third-order valence-corrected chi connectivity index (χ3v) is 4.07. The molecule has 0 saturated heterocycles. The summed E-state index contributed by atoms with van der Waals surface area (Å²) in [5.74, 6) is 1.76. The molecule has 0 aromatic heterocycles. The lowest BCUT2D eigenvalue weighted by Crippen LogP contribution is -2.38. The molecule has 2 aromatic carbocycles. The van der Waals surface area contributed by atoms with Gasteiger partial charge >= 0.3 is 0 Å². The van der Waals surface area contributed by atoms with Crippen molar-refractivity contribution in [3.05, 3.63) is 58.9 Å². The van der Waals surface area contributed by atoms with Crippen molar-refractivity contribution in [3.63, 3.8) is 0 Å². The van der Waals surface area contributed by atoms with E-state index in [0.717, 1.165) is 23.5 Å². The van der Waals surface area contributed by atoms with Gasteiger partial charge in [0.15, 0.2) is 17.5 Å². The zero-order valence-corrected chi connectivity index (χ0v) is 15.1. The van der Waals surface area contributed by atoms with Crippen LogP contribution in [0.1, 0.15) is 23.6 Å². The smallest absolute Gasteiger partial charge is 0.231 e. The van der Waals surface area contributed by atoms with Crippen molar-refractivity contribution in [1.29, 1.82) is 5.26 Å². The predicted octanol–water partition coefficient (Wildman–Crippen LogP) is 2.72. The van der Waals surface area contributed by atoms with Gasteiger partial charge in [0, 0.05) is 18.7 Å². The number of fused-ring (bicyclic) bond motifs is 1. The summed E-state index contributed by atoms with van der Waals surface area (Å²) >= 11 is 0. The molecule has 0 atom stereocenters. The maximum absolute atomic E-state index is 13.9. The lowest BCUT2D eigenvalue weighted by molar-refractivity contribution is 0.174. The van der Waals surface area contributed by atoms with Crippen LogP contribution in [0.25, 0.3) is 0 Å². The molecule has 0 bridgehead atoms. The van der Waals surface area contributed by atoms with Crippen molar-refractivity contribution in [2.24, 2.45) is 4.99 Å². The predicted molar refractivity (Wildman–Crippen MR) is 100 cm³/mol. The number of nitriles is 1. The number of rotatable bonds is 6. The summed E-state index contributed by atoms with van der Waals surface area (Å²) in [6.07, 6.45) is 0.777. The lowest BCUT2D eigenvalue weighted by atomic mass is 10.1. The third kappa shape index (κ3) is 4.88. The summed E-state index contributed by atoms with van der Waals surface area (Å²) in [5, 5.41) is 15.3. The number of benzene rings is 2. The Bertz CT molecular complexity index is 877. The molecule has 0 spiro atoms. The van der Waals surface area contributed by atoms with Gasteiger partial charge in [-0.1, -0.05) is 6.07 Å². The molecule has 2 aromatic rings. The molecule has 0 aliphatic carbocycles. The maximum atomic E-state index is 13.9. The van der Waals surface area contributed by atoms with E-state index >= 15 is 0 Å². The molecule has 3 rings (SSSR count). The minimum absolute atomic E-state index is 0.153. The Balaban J connectivity index is 1.58. The van der Waals surface area contributed by atoms with E-state index in [1.165, 1.54) is 18.2 Å². The number of nitrogens with zero attached hydrogens (tertiary/aromatic N) is 2. The monoisotopic (exact) mass is 368 g/mol. The Morgan fingerprint density at radius 2 is 2.04 bits per heavy atom. The first kappa shape index (κ1) is 18.5. The van der Waals surface area contributed by atoms with Crippen LogP contribution in [0.4, 0.5) is 4.39 Å². The van der Waals surface area contributed by atoms with Crippen LogP contribution >= 0.6 is 0 Å². The number of ether oxygens (including phenoxy) is 2. The van der Waals surface area contributed by atoms with E-state index in [9.17, 15) is 4.39 Å². The maximum Gasteiger partial charge on any atom is 0.231 e. The summed E-state index contributed by atoms with van der Waals surface area (Å²) in [6.45, 7) is 3.73. The summed E-state index contributed by atoms with van der Waals surface area (Å²) in [7, 11) is 0. The minimum Gasteiger partial charge on any atom is -0.454 e. The Labute approximate surface area is 157 Å². The van der Waals surface area contributed by atoms with E-state index in [2.05, 4.69) is 15.6 Å². The molecular formula is C20H21FN4O2. The third-order valence-electron chi connectivity index (χ3n) is 4.07. The zero-order valence-electron chi connectivity index (χ0n) is 15.1. The Hall–Kier alpha value is -3.27. The van der Waals surface area contributed by atoms with Crippen molar-refractivity contribution < 1.29 is 13.9 Å². The SMILES string of the molecule is CCNC(=NCc1cc(C#N)ccc1F)NCCc1ccc2c(c1)OCO2. The minimum atomic E-state index is -0.367. The van der Waals surface area contributed by atoms with Crippen molar-refractivity contribution in [2.75, 3.05) is 19.9 Å². The fourth-order valence-corrected chi connectivity index (χ4v) is 2.69. The number of guanidine groups is 1. The van der Waals surface area contributed by atoms with Crippen LogP contribution in [0.5, 0.6) is 11.5 Å². The van der Waals surface area contributed by atoms with Gasteiger partial charge < -0.3 is 20.1 Å². The van der Waals surface area contributed by atoms with E-state index < -0.39 is 0 Å². The average molecular weight is 368 g/mol. The Kier molecular flexibility index (Phi) is 6.10. The van der Waals surface area contributed by atoms with Gasteiger partial charge in [0.2, 0.25) is 6.79 Å². The molecule has 0 amide bonds. The highest BCUT2D eigenvalue weighted by Crippen LogP contribution is 2.32. The molecule has 0 saturated carbocycles. The molecule has 6 nitrogen and oxygen atoms in total. The highest BCUT2D eigenvalue weighted by Gasteiger charge is 2.13. The van der Waals surface area contributed by atoms with Gasteiger partial charge in [0.25, 0.3) is 0 Å². The molecule has 2 N–H and O–H groups in total. The number of aliphatic imine (C=N–C) groups is 1.